The van der Waals surface area contributed by atoms with Gasteiger partial charge >= 0.3 is 11.9 Å². The fraction of sp³-hybridized carbons (Fsp3) is 0.714. The fourth-order valence-electron chi connectivity index (χ4n) is 0.621. The molecule has 5 nitrogen and oxygen atoms in total. The lowest BCUT2D eigenvalue weighted by atomic mass is 10.2. The molecule has 1 atom stereocenters. The number of carbonyl (C=O) groups excluding carboxylic acids is 1. The third kappa shape index (κ3) is 6.36. The van der Waals surface area contributed by atoms with Gasteiger partial charge < -0.3 is 15.6 Å². The van der Waals surface area contributed by atoms with Gasteiger partial charge in [-0.2, -0.15) is 0 Å². The monoisotopic (exact) mass is 209 g/mol. The minimum atomic E-state index is -1.12. The van der Waals surface area contributed by atoms with Crippen LogP contribution < -0.4 is 5.73 Å². The van der Waals surface area contributed by atoms with Crippen molar-refractivity contribution in [2.24, 2.45) is 5.73 Å². The Balaban J connectivity index is 3.52. The van der Waals surface area contributed by atoms with Gasteiger partial charge in [0.2, 0.25) is 0 Å². The van der Waals surface area contributed by atoms with Crippen molar-refractivity contribution < 1.29 is 19.4 Å². The number of ether oxygens (including phenoxy) is 1. The van der Waals surface area contributed by atoms with Crippen LogP contribution in [0.3, 0.4) is 0 Å². The van der Waals surface area contributed by atoms with Gasteiger partial charge in [0.1, 0.15) is 12.6 Å². The van der Waals surface area contributed by atoms with E-state index < -0.39 is 18.0 Å². The molecule has 0 rings (SSSR count). The van der Waals surface area contributed by atoms with Crippen molar-refractivity contribution in [2.75, 3.05) is 12.5 Å². The Labute approximate surface area is 80.8 Å². The first-order valence-corrected chi connectivity index (χ1v) is 4.31. The molecule has 1 unspecified atom stereocenters. The van der Waals surface area contributed by atoms with Crippen molar-refractivity contribution in [3.05, 3.63) is 0 Å². The minimum absolute atomic E-state index is 0.00432. The molecule has 0 aliphatic heterocycles. The summed E-state index contributed by atoms with van der Waals surface area (Å²) < 4.78 is 4.60. The summed E-state index contributed by atoms with van der Waals surface area (Å²) in [7, 11) is 0. The second-order valence-electron chi connectivity index (χ2n) is 2.39. The standard InChI is InChI=1S/C7H12ClNO4/c8-3-4-13-6(10)2-1-5(9)7(11)12/h5H,1-4,9H2,(H,11,12). The molecular formula is C7H12ClNO4. The maximum absolute atomic E-state index is 10.8. The maximum atomic E-state index is 10.8. The van der Waals surface area contributed by atoms with E-state index in [0.717, 1.165) is 0 Å². The van der Waals surface area contributed by atoms with Crippen LogP contribution in [0.15, 0.2) is 0 Å². The Bertz CT molecular complexity index is 185. The Morgan fingerprint density at radius 2 is 2.15 bits per heavy atom. The van der Waals surface area contributed by atoms with E-state index in [0.29, 0.717) is 0 Å². The van der Waals surface area contributed by atoms with E-state index in [1.807, 2.05) is 0 Å². The molecule has 0 saturated heterocycles. The van der Waals surface area contributed by atoms with E-state index in [2.05, 4.69) is 4.74 Å². The van der Waals surface area contributed by atoms with Crippen molar-refractivity contribution in [3.8, 4) is 0 Å². The van der Waals surface area contributed by atoms with Gasteiger partial charge in [0, 0.05) is 6.42 Å². The van der Waals surface area contributed by atoms with Crippen molar-refractivity contribution in [3.63, 3.8) is 0 Å². The van der Waals surface area contributed by atoms with Gasteiger partial charge in [-0.15, -0.1) is 11.6 Å². The fourth-order valence-corrected chi connectivity index (χ4v) is 0.699. The minimum Gasteiger partial charge on any atom is -0.480 e. The average molecular weight is 210 g/mol. The van der Waals surface area contributed by atoms with Crippen LogP contribution in [-0.2, 0) is 14.3 Å². The molecule has 0 bridgehead atoms. The largest absolute Gasteiger partial charge is 0.480 e. The Morgan fingerprint density at radius 3 is 2.62 bits per heavy atom. The Morgan fingerprint density at radius 1 is 1.54 bits per heavy atom. The Hall–Kier alpha value is -0.810. The molecule has 3 N–H and O–H groups in total. The van der Waals surface area contributed by atoms with Gasteiger partial charge in [-0.1, -0.05) is 0 Å². The highest BCUT2D eigenvalue weighted by Crippen LogP contribution is 1.97. The van der Waals surface area contributed by atoms with Crippen LogP contribution in [0.5, 0.6) is 0 Å². The smallest absolute Gasteiger partial charge is 0.320 e. The summed E-state index contributed by atoms with van der Waals surface area (Å²) >= 11 is 5.26. The summed E-state index contributed by atoms with van der Waals surface area (Å²) in [4.78, 5) is 21.0. The molecule has 0 spiro atoms. The number of rotatable bonds is 6. The first kappa shape index (κ1) is 12.2. The maximum Gasteiger partial charge on any atom is 0.320 e. The number of carbonyl (C=O) groups is 2. The molecule has 6 heteroatoms. The molecule has 0 aliphatic rings. The van der Waals surface area contributed by atoms with Crippen LogP contribution in [0.4, 0.5) is 0 Å². The van der Waals surface area contributed by atoms with Gasteiger partial charge in [-0.3, -0.25) is 9.59 Å². The highest BCUT2D eigenvalue weighted by atomic mass is 35.5. The summed E-state index contributed by atoms with van der Waals surface area (Å²) in [5.41, 5.74) is 5.16. The summed E-state index contributed by atoms with van der Waals surface area (Å²) in [5, 5.41) is 8.37. The first-order chi connectivity index (χ1) is 6.07. The van der Waals surface area contributed by atoms with Crippen molar-refractivity contribution in [2.45, 2.75) is 18.9 Å². The third-order valence-corrected chi connectivity index (χ3v) is 1.47. The molecule has 13 heavy (non-hydrogen) atoms. The number of aliphatic carboxylic acids is 1. The van der Waals surface area contributed by atoms with Gasteiger partial charge in [-0.05, 0) is 6.42 Å². The van der Waals surface area contributed by atoms with Crippen molar-refractivity contribution in [1.29, 1.82) is 0 Å². The molecule has 76 valence electrons. The number of hydrogen-bond donors (Lipinski definition) is 2. The van der Waals surface area contributed by atoms with Crippen LogP contribution in [0.25, 0.3) is 0 Å². The van der Waals surface area contributed by atoms with Crippen LogP contribution in [0.2, 0.25) is 0 Å². The summed E-state index contributed by atoms with van der Waals surface area (Å²) in [5.74, 6) is -1.36. The van der Waals surface area contributed by atoms with E-state index in [1.54, 1.807) is 0 Å². The van der Waals surface area contributed by atoms with Crippen LogP contribution in [0.1, 0.15) is 12.8 Å². The summed E-state index contributed by atoms with van der Waals surface area (Å²) in [6.45, 7) is 0.142. The molecule has 0 heterocycles. The van der Waals surface area contributed by atoms with Crippen LogP contribution >= 0.6 is 11.6 Å². The lowest BCUT2D eigenvalue weighted by Gasteiger charge is -2.05. The number of halogens is 1. The van der Waals surface area contributed by atoms with Crippen LogP contribution in [-0.4, -0.2) is 35.6 Å². The molecule has 0 aromatic rings. The molecule has 0 fully saturated rings. The number of alkyl halides is 1. The molecule has 0 amide bonds. The molecule has 0 aliphatic carbocycles. The highest BCUT2D eigenvalue weighted by Gasteiger charge is 2.13. The lowest BCUT2D eigenvalue weighted by molar-refractivity contribution is -0.143. The average Bonchev–Trinajstić information content (AvgIpc) is 2.10. The first-order valence-electron chi connectivity index (χ1n) is 3.78. The summed E-state index contributed by atoms with van der Waals surface area (Å²) in [6.07, 6.45) is 0.0841. The van der Waals surface area contributed by atoms with E-state index in [9.17, 15) is 9.59 Å². The van der Waals surface area contributed by atoms with E-state index in [4.69, 9.17) is 22.4 Å². The van der Waals surface area contributed by atoms with Gasteiger partial charge in [-0.25, -0.2) is 0 Å². The highest BCUT2D eigenvalue weighted by molar-refractivity contribution is 6.18. The number of esters is 1. The molecule has 0 saturated carbocycles. The van der Waals surface area contributed by atoms with E-state index in [1.165, 1.54) is 0 Å². The molecule has 0 aromatic carbocycles. The van der Waals surface area contributed by atoms with Gasteiger partial charge in [0.15, 0.2) is 0 Å². The zero-order valence-corrected chi connectivity index (χ0v) is 7.79. The molecule has 0 radical (unpaired) electrons. The van der Waals surface area contributed by atoms with Gasteiger partial charge in [0.05, 0.1) is 5.88 Å². The van der Waals surface area contributed by atoms with Gasteiger partial charge in [0.25, 0.3) is 0 Å². The lowest BCUT2D eigenvalue weighted by Crippen LogP contribution is -2.30. The zero-order chi connectivity index (χ0) is 10.3. The van der Waals surface area contributed by atoms with Crippen molar-refractivity contribution >= 4 is 23.5 Å². The number of carboxylic acid groups (broad SMARTS) is 1. The van der Waals surface area contributed by atoms with Crippen molar-refractivity contribution in [1.82, 2.24) is 0 Å². The quantitative estimate of drug-likeness (QED) is 0.473. The SMILES string of the molecule is NC(CCC(=O)OCCCl)C(=O)O. The third-order valence-electron chi connectivity index (χ3n) is 1.32. The number of nitrogens with two attached hydrogens (primary N) is 1. The second kappa shape index (κ2) is 6.68. The Kier molecular flexibility index (Phi) is 6.26. The zero-order valence-electron chi connectivity index (χ0n) is 7.03. The topological polar surface area (TPSA) is 89.6 Å². The number of carboxylic acids is 1. The molecular weight excluding hydrogens is 198 g/mol. The summed E-state index contributed by atoms with van der Waals surface area (Å²) in [6, 6.07) is -1.01. The van der Waals surface area contributed by atoms with E-state index >= 15 is 0 Å². The normalized spacial score (nSPS) is 12.2. The number of hydrogen-bond acceptors (Lipinski definition) is 4. The predicted molar refractivity (Wildman–Crippen MR) is 46.5 cm³/mol. The van der Waals surface area contributed by atoms with Crippen LogP contribution in [0, 0.1) is 0 Å². The predicted octanol–water partition coefficient (Wildman–Crippen LogP) is -0.0395. The second-order valence-corrected chi connectivity index (χ2v) is 2.77. The molecule has 0 aromatic heterocycles. The van der Waals surface area contributed by atoms with E-state index in [-0.39, 0.29) is 25.3 Å².